The van der Waals surface area contributed by atoms with Gasteiger partial charge in [-0.15, -0.1) is 0 Å². The Bertz CT molecular complexity index is 299. The van der Waals surface area contributed by atoms with Crippen molar-refractivity contribution in [3.8, 4) is 5.75 Å². The van der Waals surface area contributed by atoms with E-state index in [1.807, 2.05) is 0 Å². The molecule has 0 spiro atoms. The number of ether oxygens (including phenoxy) is 1. The second-order valence-corrected chi connectivity index (χ2v) is 3.15. The Morgan fingerprint density at radius 3 is 2.71 bits per heavy atom. The maximum Gasteiger partial charge on any atom is 0.165 e. The first-order valence-corrected chi connectivity index (χ1v) is 4.67. The van der Waals surface area contributed by atoms with Crippen LogP contribution in [0.5, 0.6) is 5.75 Å². The van der Waals surface area contributed by atoms with Crippen molar-refractivity contribution < 1.29 is 13.5 Å². The van der Waals surface area contributed by atoms with Crippen LogP contribution in [0.1, 0.15) is 25.3 Å². The van der Waals surface area contributed by atoms with Crippen molar-refractivity contribution in [1.29, 1.82) is 0 Å². The van der Waals surface area contributed by atoms with Gasteiger partial charge in [0.05, 0.1) is 13.3 Å². The van der Waals surface area contributed by atoms with Crippen molar-refractivity contribution in [2.45, 2.75) is 19.8 Å². The smallest absolute Gasteiger partial charge is 0.165 e. The maximum absolute atomic E-state index is 13.3. The van der Waals surface area contributed by atoms with Crippen LogP contribution in [0, 0.1) is 5.82 Å². The molecule has 0 heterocycles. The summed E-state index contributed by atoms with van der Waals surface area (Å²) in [7, 11) is 0. The molecule has 0 aliphatic rings. The lowest BCUT2D eigenvalue weighted by molar-refractivity contribution is 0.312. The molecule has 0 bridgehead atoms. The summed E-state index contributed by atoms with van der Waals surface area (Å²) in [5.74, 6) is -0.572. The topological polar surface area (TPSA) is 9.23 Å². The molecule has 3 heteroatoms. The Hall–Kier alpha value is -1.12. The van der Waals surface area contributed by atoms with Crippen molar-refractivity contribution in [1.82, 2.24) is 0 Å². The normalized spacial score (nSPS) is 12.6. The van der Waals surface area contributed by atoms with Gasteiger partial charge in [-0.25, -0.2) is 4.39 Å². The molecule has 1 aromatic rings. The number of hydrogen-bond acceptors (Lipinski definition) is 1. The van der Waals surface area contributed by atoms with Gasteiger partial charge in [-0.05, 0) is 13.0 Å². The predicted molar refractivity (Wildman–Crippen MR) is 52.0 cm³/mol. The fourth-order valence-electron chi connectivity index (χ4n) is 1.29. The summed E-state index contributed by atoms with van der Waals surface area (Å²) >= 11 is 0. The van der Waals surface area contributed by atoms with Gasteiger partial charge in [-0.2, -0.15) is 0 Å². The van der Waals surface area contributed by atoms with Crippen LogP contribution < -0.4 is 4.74 Å². The van der Waals surface area contributed by atoms with E-state index in [1.54, 1.807) is 26.0 Å². The van der Waals surface area contributed by atoms with E-state index in [9.17, 15) is 8.78 Å². The lowest BCUT2D eigenvalue weighted by Gasteiger charge is -2.14. The molecule has 0 saturated carbocycles. The van der Waals surface area contributed by atoms with Crippen LogP contribution in [-0.2, 0) is 0 Å². The molecule has 0 amide bonds. The van der Waals surface area contributed by atoms with Gasteiger partial charge in [0.15, 0.2) is 11.6 Å². The molecule has 0 fully saturated rings. The monoisotopic (exact) mass is 200 g/mol. The second-order valence-electron chi connectivity index (χ2n) is 3.15. The second kappa shape index (κ2) is 4.94. The minimum absolute atomic E-state index is 0.181. The van der Waals surface area contributed by atoms with E-state index in [1.165, 1.54) is 6.07 Å². The molecule has 0 saturated heterocycles. The molecule has 1 atom stereocenters. The molecule has 78 valence electrons. The SMILES string of the molecule is CCOc1c(F)cccc1C(C)CF. The molecule has 1 nitrogen and oxygen atoms in total. The number of alkyl halides is 1. The minimum atomic E-state index is -0.510. The average Bonchev–Trinajstić information content (AvgIpc) is 2.20. The first-order chi connectivity index (χ1) is 6.70. The van der Waals surface area contributed by atoms with Crippen LogP contribution in [0.4, 0.5) is 8.78 Å². The summed E-state index contributed by atoms with van der Waals surface area (Å²) in [5.41, 5.74) is 0.592. The molecule has 0 aliphatic heterocycles. The molecule has 1 aromatic carbocycles. The number of hydrogen-bond donors (Lipinski definition) is 0. The summed E-state index contributed by atoms with van der Waals surface area (Å²) in [4.78, 5) is 0. The highest BCUT2D eigenvalue weighted by molar-refractivity contribution is 5.37. The van der Waals surface area contributed by atoms with Crippen LogP contribution >= 0.6 is 0 Å². The van der Waals surface area contributed by atoms with Crippen molar-refractivity contribution in [3.05, 3.63) is 29.6 Å². The molecule has 1 rings (SSSR count). The van der Waals surface area contributed by atoms with Crippen molar-refractivity contribution in [2.24, 2.45) is 0 Å². The number of benzene rings is 1. The largest absolute Gasteiger partial charge is 0.491 e. The van der Waals surface area contributed by atoms with Crippen molar-refractivity contribution >= 4 is 0 Å². The number of halogens is 2. The highest BCUT2D eigenvalue weighted by atomic mass is 19.1. The first-order valence-electron chi connectivity index (χ1n) is 4.67. The van der Waals surface area contributed by atoms with Gasteiger partial charge in [0.25, 0.3) is 0 Å². The summed E-state index contributed by atoms with van der Waals surface area (Å²) in [6.45, 7) is 3.35. The van der Waals surface area contributed by atoms with E-state index >= 15 is 0 Å². The van der Waals surface area contributed by atoms with E-state index in [0.29, 0.717) is 12.2 Å². The van der Waals surface area contributed by atoms with Gasteiger partial charge in [0.2, 0.25) is 0 Å². The molecule has 14 heavy (non-hydrogen) atoms. The summed E-state index contributed by atoms with van der Waals surface area (Å²) in [6, 6.07) is 4.58. The summed E-state index contributed by atoms with van der Waals surface area (Å²) in [6.07, 6.45) is 0. The van der Waals surface area contributed by atoms with Gasteiger partial charge in [-0.1, -0.05) is 19.1 Å². The Morgan fingerprint density at radius 2 is 2.14 bits per heavy atom. The predicted octanol–water partition coefficient (Wildman–Crippen LogP) is 3.30. The third-order valence-electron chi connectivity index (χ3n) is 2.05. The maximum atomic E-state index is 13.3. The van der Waals surface area contributed by atoms with Gasteiger partial charge in [0.1, 0.15) is 0 Å². The van der Waals surface area contributed by atoms with E-state index in [4.69, 9.17) is 4.74 Å². The van der Waals surface area contributed by atoms with E-state index < -0.39 is 12.5 Å². The van der Waals surface area contributed by atoms with Crippen LogP contribution in [0.15, 0.2) is 18.2 Å². The Labute approximate surface area is 82.7 Å². The van der Waals surface area contributed by atoms with Gasteiger partial charge in [-0.3, -0.25) is 4.39 Å². The van der Waals surface area contributed by atoms with Crippen LogP contribution in [0.2, 0.25) is 0 Å². The number of rotatable bonds is 4. The van der Waals surface area contributed by atoms with Crippen LogP contribution in [0.3, 0.4) is 0 Å². The first kappa shape index (κ1) is 11.0. The third-order valence-corrected chi connectivity index (χ3v) is 2.05. The average molecular weight is 200 g/mol. The lowest BCUT2D eigenvalue weighted by atomic mass is 10.0. The molecule has 0 aromatic heterocycles. The fourth-order valence-corrected chi connectivity index (χ4v) is 1.29. The third kappa shape index (κ3) is 2.22. The molecule has 0 N–H and O–H groups in total. The zero-order valence-corrected chi connectivity index (χ0v) is 8.39. The van der Waals surface area contributed by atoms with Gasteiger partial charge in [0, 0.05) is 11.5 Å². The highest BCUT2D eigenvalue weighted by Crippen LogP contribution is 2.29. The van der Waals surface area contributed by atoms with E-state index in [0.717, 1.165) is 0 Å². The summed E-state index contributed by atoms with van der Waals surface area (Å²) < 4.78 is 30.9. The zero-order chi connectivity index (χ0) is 10.6. The quantitative estimate of drug-likeness (QED) is 0.724. The lowest BCUT2D eigenvalue weighted by Crippen LogP contribution is -2.03. The Morgan fingerprint density at radius 1 is 1.43 bits per heavy atom. The highest BCUT2D eigenvalue weighted by Gasteiger charge is 2.14. The van der Waals surface area contributed by atoms with Crippen LogP contribution in [-0.4, -0.2) is 13.3 Å². The zero-order valence-electron chi connectivity index (χ0n) is 8.39. The standard InChI is InChI=1S/C11H14F2O/c1-3-14-11-9(8(2)7-12)5-4-6-10(11)13/h4-6,8H,3,7H2,1-2H3. The Balaban J connectivity index is 3.07. The van der Waals surface area contributed by atoms with E-state index in [-0.39, 0.29) is 11.7 Å². The molecule has 0 radical (unpaired) electrons. The molecule has 0 aliphatic carbocycles. The van der Waals surface area contributed by atoms with Gasteiger partial charge < -0.3 is 4.74 Å². The minimum Gasteiger partial charge on any atom is -0.491 e. The van der Waals surface area contributed by atoms with Crippen molar-refractivity contribution in [2.75, 3.05) is 13.3 Å². The fraction of sp³-hybridized carbons (Fsp3) is 0.455. The molecular formula is C11H14F2O. The van der Waals surface area contributed by atoms with Gasteiger partial charge >= 0.3 is 0 Å². The van der Waals surface area contributed by atoms with Crippen LogP contribution in [0.25, 0.3) is 0 Å². The summed E-state index contributed by atoms with van der Waals surface area (Å²) in [5, 5.41) is 0. The molecular weight excluding hydrogens is 186 g/mol. The Kier molecular flexibility index (Phi) is 3.86. The van der Waals surface area contributed by atoms with Crippen molar-refractivity contribution in [3.63, 3.8) is 0 Å². The number of para-hydroxylation sites is 1. The molecule has 1 unspecified atom stereocenters. The van der Waals surface area contributed by atoms with E-state index in [2.05, 4.69) is 0 Å².